The molecular weight excluding hydrogens is 498 g/mol. The van der Waals surface area contributed by atoms with Crippen molar-refractivity contribution in [2.45, 2.75) is 31.1 Å². The number of carbonyl (C=O) groups is 2. The van der Waals surface area contributed by atoms with Gasteiger partial charge in [0.2, 0.25) is 5.91 Å². The lowest BCUT2D eigenvalue weighted by Gasteiger charge is -2.17. The van der Waals surface area contributed by atoms with Gasteiger partial charge < -0.3 is 10.2 Å². The number of amides is 2. The van der Waals surface area contributed by atoms with Crippen LogP contribution in [0.3, 0.4) is 0 Å². The van der Waals surface area contributed by atoms with Crippen LogP contribution >= 0.6 is 11.6 Å². The maximum Gasteiger partial charge on any atom is 0.256 e. The predicted octanol–water partition coefficient (Wildman–Crippen LogP) is 5.98. The highest BCUT2D eigenvalue weighted by Gasteiger charge is 2.28. The standard InChI is InChI=1S/C30H26ClN5O2/c1-2-28(37)36-10-8-21(16-36)25-12-22(11-23-15-32-17-34-29(23)25)24-6-5-20(13-26(24)31)30(38)35-27-14-19(7-9-33-27)18-3-4-18/h2,5-7,9,11-15,17-18,21H,1,3-4,8,10,16H2,(H,33,35,38). The van der Waals surface area contributed by atoms with E-state index in [-0.39, 0.29) is 17.7 Å². The van der Waals surface area contributed by atoms with Crippen LogP contribution in [0.2, 0.25) is 5.02 Å². The highest BCUT2D eigenvalue weighted by molar-refractivity contribution is 6.34. The van der Waals surface area contributed by atoms with Gasteiger partial charge in [0.15, 0.2) is 0 Å². The summed E-state index contributed by atoms with van der Waals surface area (Å²) < 4.78 is 0. The molecule has 190 valence electrons. The number of hydrogen-bond acceptors (Lipinski definition) is 5. The van der Waals surface area contributed by atoms with E-state index in [1.54, 1.807) is 30.9 Å². The molecule has 1 saturated heterocycles. The fraction of sp³-hybridized carbons (Fsp3) is 0.233. The van der Waals surface area contributed by atoms with E-state index in [2.05, 4.69) is 32.9 Å². The van der Waals surface area contributed by atoms with E-state index in [0.717, 1.165) is 34.0 Å². The molecular formula is C30H26ClN5O2. The Balaban J connectivity index is 1.29. The maximum atomic E-state index is 13.0. The highest BCUT2D eigenvalue weighted by Crippen LogP contribution is 2.40. The summed E-state index contributed by atoms with van der Waals surface area (Å²) in [5.74, 6) is 0.936. The molecule has 0 radical (unpaired) electrons. The van der Waals surface area contributed by atoms with Crippen LogP contribution in [-0.2, 0) is 4.79 Å². The zero-order valence-corrected chi connectivity index (χ0v) is 21.5. The maximum absolute atomic E-state index is 13.0. The number of halogens is 1. The molecule has 4 aromatic rings. The summed E-state index contributed by atoms with van der Waals surface area (Å²) in [7, 11) is 0. The SMILES string of the molecule is C=CC(=O)N1CCC(c2cc(-c3ccc(C(=O)Nc4cc(C5CC5)ccn4)cc3Cl)cc3cncnc23)C1. The van der Waals surface area contributed by atoms with Gasteiger partial charge in [0, 0.05) is 52.9 Å². The van der Waals surface area contributed by atoms with Crippen LogP contribution < -0.4 is 5.32 Å². The molecule has 3 heterocycles. The number of likely N-dealkylation sites (tertiary alicyclic amines) is 1. The van der Waals surface area contributed by atoms with E-state index >= 15 is 0 Å². The Morgan fingerprint density at radius 1 is 1.05 bits per heavy atom. The van der Waals surface area contributed by atoms with Gasteiger partial charge in [-0.1, -0.05) is 24.2 Å². The van der Waals surface area contributed by atoms with Crippen molar-refractivity contribution in [2.24, 2.45) is 0 Å². The molecule has 1 aliphatic carbocycles. The van der Waals surface area contributed by atoms with Crippen molar-refractivity contribution in [2.75, 3.05) is 18.4 Å². The largest absolute Gasteiger partial charge is 0.339 e. The molecule has 2 aliphatic rings. The van der Waals surface area contributed by atoms with Gasteiger partial charge in [0.1, 0.15) is 12.1 Å². The monoisotopic (exact) mass is 523 g/mol. The predicted molar refractivity (Wildman–Crippen MR) is 148 cm³/mol. The van der Waals surface area contributed by atoms with Crippen LogP contribution in [0.15, 0.2) is 73.8 Å². The summed E-state index contributed by atoms with van der Waals surface area (Å²) in [5.41, 5.74) is 5.30. The third-order valence-corrected chi connectivity index (χ3v) is 7.68. The number of aromatic nitrogens is 3. The first kappa shape index (κ1) is 24.2. The van der Waals surface area contributed by atoms with Gasteiger partial charge in [-0.3, -0.25) is 9.59 Å². The molecule has 1 saturated carbocycles. The molecule has 2 fully saturated rings. The van der Waals surface area contributed by atoms with Gasteiger partial charge in [0.25, 0.3) is 5.91 Å². The summed E-state index contributed by atoms with van der Waals surface area (Å²) in [4.78, 5) is 40.0. The molecule has 2 amide bonds. The second kappa shape index (κ2) is 9.99. The topological polar surface area (TPSA) is 88.1 Å². The van der Waals surface area contributed by atoms with Gasteiger partial charge in [-0.05, 0) is 84.3 Å². The number of carbonyl (C=O) groups excluding carboxylic acids is 2. The van der Waals surface area contributed by atoms with Crippen molar-refractivity contribution in [1.82, 2.24) is 19.9 Å². The molecule has 0 spiro atoms. The zero-order chi connectivity index (χ0) is 26.2. The van der Waals surface area contributed by atoms with E-state index in [1.165, 1.54) is 24.5 Å². The van der Waals surface area contributed by atoms with Crippen LogP contribution in [-0.4, -0.2) is 44.8 Å². The molecule has 1 aliphatic heterocycles. The van der Waals surface area contributed by atoms with E-state index in [4.69, 9.17) is 11.6 Å². The minimum absolute atomic E-state index is 0.0611. The summed E-state index contributed by atoms with van der Waals surface area (Å²) >= 11 is 6.74. The van der Waals surface area contributed by atoms with Gasteiger partial charge in [0.05, 0.1) is 5.52 Å². The van der Waals surface area contributed by atoms with Crippen LogP contribution in [0.25, 0.3) is 22.0 Å². The normalized spacial score (nSPS) is 17.0. The van der Waals surface area contributed by atoms with Crippen LogP contribution in [0.5, 0.6) is 0 Å². The Labute approximate surface area is 225 Å². The van der Waals surface area contributed by atoms with E-state index in [1.807, 2.05) is 29.2 Å². The van der Waals surface area contributed by atoms with Gasteiger partial charge >= 0.3 is 0 Å². The molecule has 7 nitrogen and oxygen atoms in total. The van der Waals surface area contributed by atoms with Crippen molar-refractivity contribution < 1.29 is 9.59 Å². The lowest BCUT2D eigenvalue weighted by Crippen LogP contribution is -2.26. The molecule has 1 N–H and O–H groups in total. The summed E-state index contributed by atoms with van der Waals surface area (Å²) in [6.07, 6.45) is 9.63. The fourth-order valence-corrected chi connectivity index (χ4v) is 5.50. The van der Waals surface area contributed by atoms with Crippen LogP contribution in [0.4, 0.5) is 5.82 Å². The second-order valence-electron chi connectivity index (χ2n) is 9.90. The Morgan fingerprint density at radius 3 is 2.71 bits per heavy atom. The van der Waals surface area contributed by atoms with E-state index in [0.29, 0.717) is 35.4 Å². The Morgan fingerprint density at radius 2 is 1.92 bits per heavy atom. The van der Waals surface area contributed by atoms with Crippen molar-refractivity contribution in [1.29, 1.82) is 0 Å². The average Bonchev–Trinajstić information content (AvgIpc) is 3.68. The highest BCUT2D eigenvalue weighted by atomic mass is 35.5. The Bertz CT molecular complexity index is 1580. The minimum Gasteiger partial charge on any atom is -0.339 e. The van der Waals surface area contributed by atoms with Crippen LogP contribution in [0.1, 0.15) is 52.6 Å². The smallest absolute Gasteiger partial charge is 0.256 e. The molecule has 1 unspecified atom stereocenters. The van der Waals surface area contributed by atoms with Gasteiger partial charge in [-0.25, -0.2) is 15.0 Å². The molecule has 2 aromatic carbocycles. The lowest BCUT2D eigenvalue weighted by atomic mass is 9.91. The number of rotatable bonds is 6. The molecule has 2 aromatic heterocycles. The number of anilines is 1. The number of fused-ring (bicyclic) bond motifs is 1. The number of nitrogens with zero attached hydrogens (tertiary/aromatic N) is 4. The quantitative estimate of drug-likeness (QED) is 0.314. The van der Waals surface area contributed by atoms with Crippen LogP contribution in [0, 0.1) is 0 Å². The third kappa shape index (κ3) is 4.77. The van der Waals surface area contributed by atoms with Crippen molar-refractivity contribution in [3.8, 4) is 11.1 Å². The van der Waals surface area contributed by atoms with Crippen molar-refractivity contribution >= 4 is 40.1 Å². The van der Waals surface area contributed by atoms with E-state index < -0.39 is 0 Å². The van der Waals surface area contributed by atoms with Crippen molar-refractivity contribution in [3.63, 3.8) is 0 Å². The molecule has 38 heavy (non-hydrogen) atoms. The average molecular weight is 524 g/mol. The van der Waals surface area contributed by atoms with Gasteiger partial charge in [-0.15, -0.1) is 0 Å². The molecule has 1 atom stereocenters. The molecule has 8 heteroatoms. The summed E-state index contributed by atoms with van der Waals surface area (Å²) in [6, 6.07) is 13.4. The zero-order valence-electron chi connectivity index (χ0n) is 20.7. The molecule has 0 bridgehead atoms. The Kier molecular flexibility index (Phi) is 6.37. The molecule has 6 rings (SSSR count). The number of pyridine rings is 1. The third-order valence-electron chi connectivity index (χ3n) is 7.37. The number of nitrogens with one attached hydrogen (secondary N) is 1. The first-order valence-electron chi connectivity index (χ1n) is 12.7. The van der Waals surface area contributed by atoms with Gasteiger partial charge in [-0.2, -0.15) is 0 Å². The number of hydrogen-bond donors (Lipinski definition) is 1. The first-order valence-corrected chi connectivity index (χ1v) is 13.1. The first-order chi connectivity index (χ1) is 18.5. The Hall–Kier alpha value is -4.10. The lowest BCUT2D eigenvalue weighted by molar-refractivity contribution is -0.125. The second-order valence-corrected chi connectivity index (χ2v) is 10.3. The van der Waals surface area contributed by atoms with E-state index in [9.17, 15) is 9.59 Å². The fourth-order valence-electron chi connectivity index (χ4n) is 5.21. The minimum atomic E-state index is -0.260. The summed E-state index contributed by atoms with van der Waals surface area (Å²) in [5, 5.41) is 4.26. The number of benzene rings is 2. The van der Waals surface area contributed by atoms with Crippen molar-refractivity contribution in [3.05, 3.63) is 95.6 Å². The summed E-state index contributed by atoms with van der Waals surface area (Å²) in [6.45, 7) is 4.90.